The van der Waals surface area contributed by atoms with Gasteiger partial charge in [-0.1, -0.05) is 140 Å². The van der Waals surface area contributed by atoms with Crippen LogP contribution in [0.5, 0.6) is 23.0 Å². The first kappa shape index (κ1) is 37.1. The smallest absolute Gasteiger partial charge is 0.135 e. The molecule has 0 fully saturated rings. The topological polar surface area (TPSA) is 58.9 Å². The monoisotopic (exact) mass is 674 g/mol. The van der Waals surface area contributed by atoms with Crippen molar-refractivity contribution in [1.29, 1.82) is 0 Å². The van der Waals surface area contributed by atoms with Crippen LogP contribution in [0.3, 0.4) is 0 Å². The Morgan fingerprint density at radius 1 is 0.360 bits per heavy atom. The van der Waals surface area contributed by atoms with Gasteiger partial charge in [-0.2, -0.15) is 0 Å². The van der Waals surface area contributed by atoms with Crippen LogP contribution in [0.2, 0.25) is 0 Å². The van der Waals surface area contributed by atoms with Crippen LogP contribution in [0.1, 0.15) is 117 Å². The van der Waals surface area contributed by atoms with Crippen molar-refractivity contribution < 1.29 is 19.7 Å². The van der Waals surface area contributed by atoms with Gasteiger partial charge in [-0.25, -0.2) is 0 Å². The number of unbranched alkanes of at least 4 members (excludes halogenated alkanes) is 14. The Hall–Kier alpha value is -4.18. The van der Waals surface area contributed by atoms with Crippen molar-refractivity contribution >= 4 is 21.5 Å². The minimum Gasteiger partial charge on any atom is -0.508 e. The van der Waals surface area contributed by atoms with Crippen LogP contribution in [-0.4, -0.2) is 23.4 Å². The molecule has 0 saturated heterocycles. The van der Waals surface area contributed by atoms with E-state index in [-0.39, 0.29) is 11.5 Å². The summed E-state index contributed by atoms with van der Waals surface area (Å²) in [5, 5.41) is 24.1. The number of hydrogen-bond acceptors (Lipinski definition) is 4. The number of fused-ring (bicyclic) bond motifs is 2. The maximum absolute atomic E-state index is 9.94. The van der Waals surface area contributed by atoms with Crippen molar-refractivity contribution in [3.05, 3.63) is 84.9 Å². The summed E-state index contributed by atoms with van der Waals surface area (Å²) in [6.45, 7) is 5.87. The van der Waals surface area contributed by atoms with Gasteiger partial charge in [0, 0.05) is 21.5 Å². The summed E-state index contributed by atoms with van der Waals surface area (Å²) in [6.07, 6.45) is 20.1. The number of hydrogen-bond donors (Lipinski definition) is 2. The minimum absolute atomic E-state index is 0.260. The highest BCUT2D eigenvalue weighted by atomic mass is 16.5. The highest BCUT2D eigenvalue weighted by Crippen LogP contribution is 2.45. The molecule has 0 bridgehead atoms. The summed E-state index contributed by atoms with van der Waals surface area (Å²) < 4.78 is 13.5. The summed E-state index contributed by atoms with van der Waals surface area (Å²) in [5.74, 6) is 2.32. The van der Waals surface area contributed by atoms with Crippen LogP contribution in [0.4, 0.5) is 0 Å². The number of phenolic OH excluding ortho intramolecular Hbond substituents is 2. The van der Waals surface area contributed by atoms with Crippen molar-refractivity contribution in [3.63, 3.8) is 0 Å². The van der Waals surface area contributed by atoms with Gasteiger partial charge in [-0.3, -0.25) is 0 Å². The lowest BCUT2D eigenvalue weighted by Crippen LogP contribution is -2.03. The fourth-order valence-electron chi connectivity index (χ4n) is 6.95. The SMILES string of the molecule is CCCCCCCCCCOc1c2ccc(-c3ccc(O)cc3)cc2c(OCCCCCCCCCC)c2ccc(-c3ccc(O)cc3)cc12. The third kappa shape index (κ3) is 10.4. The van der Waals surface area contributed by atoms with E-state index in [1.807, 2.05) is 24.3 Å². The normalized spacial score (nSPS) is 11.4. The van der Waals surface area contributed by atoms with E-state index < -0.39 is 0 Å². The summed E-state index contributed by atoms with van der Waals surface area (Å²) in [6, 6.07) is 27.9. The quantitative estimate of drug-likeness (QED) is 0.0567. The molecule has 0 aliphatic carbocycles. The molecule has 0 atom stereocenters. The molecule has 0 aromatic heterocycles. The molecule has 0 spiro atoms. The van der Waals surface area contributed by atoms with Gasteiger partial charge in [-0.05, 0) is 83.6 Å². The van der Waals surface area contributed by atoms with Crippen molar-refractivity contribution in [2.75, 3.05) is 13.2 Å². The van der Waals surface area contributed by atoms with Gasteiger partial charge >= 0.3 is 0 Å². The van der Waals surface area contributed by atoms with Crippen molar-refractivity contribution in [3.8, 4) is 45.3 Å². The predicted molar refractivity (Wildman–Crippen MR) is 212 cm³/mol. The van der Waals surface area contributed by atoms with Gasteiger partial charge in [0.25, 0.3) is 0 Å². The molecule has 0 aliphatic heterocycles. The zero-order chi connectivity index (χ0) is 35.0. The van der Waals surface area contributed by atoms with E-state index in [1.165, 1.54) is 89.9 Å². The molecule has 0 radical (unpaired) electrons. The third-order valence-corrected chi connectivity index (χ3v) is 9.91. The number of rotatable bonds is 22. The third-order valence-electron chi connectivity index (χ3n) is 9.91. The zero-order valence-corrected chi connectivity index (χ0v) is 30.5. The van der Waals surface area contributed by atoms with Crippen LogP contribution in [0.15, 0.2) is 84.9 Å². The summed E-state index contributed by atoms with van der Waals surface area (Å²) in [4.78, 5) is 0. The van der Waals surface area contributed by atoms with Crippen LogP contribution < -0.4 is 9.47 Å². The van der Waals surface area contributed by atoms with Crippen molar-refractivity contribution in [2.24, 2.45) is 0 Å². The van der Waals surface area contributed by atoms with Gasteiger partial charge in [0.2, 0.25) is 0 Å². The van der Waals surface area contributed by atoms with Crippen LogP contribution in [0, 0.1) is 0 Å². The van der Waals surface area contributed by atoms with E-state index >= 15 is 0 Å². The first-order valence-electron chi connectivity index (χ1n) is 19.5. The van der Waals surface area contributed by atoms with Gasteiger partial charge in [0.15, 0.2) is 0 Å². The Morgan fingerprint density at radius 3 is 1.04 bits per heavy atom. The maximum Gasteiger partial charge on any atom is 0.135 e. The molecule has 4 heteroatoms. The Morgan fingerprint density at radius 2 is 0.680 bits per heavy atom. The maximum atomic E-state index is 9.94. The van der Waals surface area contributed by atoms with E-state index in [0.717, 1.165) is 68.1 Å². The largest absolute Gasteiger partial charge is 0.508 e. The Bertz CT molecular complexity index is 1610. The lowest BCUT2D eigenvalue weighted by Gasteiger charge is -2.20. The molecule has 0 aliphatic rings. The lowest BCUT2D eigenvalue weighted by atomic mass is 9.94. The molecule has 266 valence electrons. The minimum atomic E-state index is 0.260. The highest BCUT2D eigenvalue weighted by Gasteiger charge is 2.19. The van der Waals surface area contributed by atoms with E-state index in [4.69, 9.17) is 9.47 Å². The first-order valence-corrected chi connectivity index (χ1v) is 19.5. The highest BCUT2D eigenvalue weighted by molar-refractivity contribution is 6.12. The number of phenols is 2. The average molecular weight is 675 g/mol. The fraction of sp³-hybridized carbons (Fsp3) is 0.435. The second-order valence-electron chi connectivity index (χ2n) is 13.9. The molecule has 0 unspecified atom stereocenters. The molecular weight excluding hydrogens is 617 g/mol. The molecule has 5 aromatic rings. The summed E-state index contributed by atoms with van der Waals surface area (Å²) >= 11 is 0. The molecule has 5 aromatic carbocycles. The summed E-state index contributed by atoms with van der Waals surface area (Å²) in [5.41, 5.74) is 4.23. The van der Waals surface area contributed by atoms with Gasteiger partial charge in [0.05, 0.1) is 13.2 Å². The van der Waals surface area contributed by atoms with Crippen molar-refractivity contribution in [2.45, 2.75) is 117 Å². The molecular formula is C46H58O4. The van der Waals surface area contributed by atoms with E-state index in [2.05, 4.69) is 50.2 Å². The Balaban J connectivity index is 1.47. The molecule has 2 N–H and O–H groups in total. The van der Waals surface area contributed by atoms with Crippen molar-refractivity contribution in [1.82, 2.24) is 0 Å². The van der Waals surface area contributed by atoms with Gasteiger partial charge in [0.1, 0.15) is 23.0 Å². The number of benzene rings is 5. The summed E-state index contributed by atoms with van der Waals surface area (Å²) in [7, 11) is 0. The average Bonchev–Trinajstić information content (AvgIpc) is 3.14. The van der Waals surface area contributed by atoms with Gasteiger partial charge < -0.3 is 19.7 Å². The molecule has 50 heavy (non-hydrogen) atoms. The number of aromatic hydroxyl groups is 2. The van der Waals surface area contributed by atoms with Gasteiger partial charge in [-0.15, -0.1) is 0 Å². The zero-order valence-electron chi connectivity index (χ0n) is 30.5. The second kappa shape index (κ2) is 19.9. The van der Waals surface area contributed by atoms with E-state index in [9.17, 15) is 10.2 Å². The first-order chi connectivity index (χ1) is 24.6. The fourth-order valence-corrected chi connectivity index (χ4v) is 6.95. The molecule has 0 heterocycles. The molecule has 0 saturated carbocycles. The van der Waals surface area contributed by atoms with Crippen LogP contribution in [-0.2, 0) is 0 Å². The predicted octanol–water partition coefficient (Wildman–Crippen LogP) is 13.8. The standard InChI is InChI=1S/C46H58O4/c1-3-5-7-9-11-13-15-17-31-49-45-41-29-23-38(36-21-27-40(48)28-22-36)34-44(41)46(50-32-18-16-14-12-10-8-6-4-2)42-30-24-37(33-43(42)45)35-19-25-39(47)26-20-35/h19-30,33-34,47-48H,3-18,31-32H2,1-2H3. The lowest BCUT2D eigenvalue weighted by molar-refractivity contribution is 0.306. The Labute approximate surface area is 300 Å². The molecule has 5 rings (SSSR count). The Kier molecular flexibility index (Phi) is 14.7. The molecule has 4 nitrogen and oxygen atoms in total. The van der Waals surface area contributed by atoms with Crippen LogP contribution >= 0.6 is 0 Å². The second-order valence-corrected chi connectivity index (χ2v) is 13.9. The van der Waals surface area contributed by atoms with E-state index in [0.29, 0.717) is 13.2 Å². The van der Waals surface area contributed by atoms with Crippen LogP contribution in [0.25, 0.3) is 43.8 Å². The molecule has 0 amide bonds. The number of ether oxygens (including phenoxy) is 2. The van der Waals surface area contributed by atoms with E-state index in [1.54, 1.807) is 24.3 Å².